The average Bonchev–Trinajstić information content (AvgIpc) is 2.00. The Balaban J connectivity index is 3.91. The first-order chi connectivity index (χ1) is 5.40. The molecule has 0 radical (unpaired) electrons. The largest absolute Gasteiger partial charge is 0.461 e. The van der Waals surface area contributed by atoms with Gasteiger partial charge in [0.15, 0.2) is 0 Å². The van der Waals surface area contributed by atoms with Crippen LogP contribution in [0.15, 0.2) is 12.7 Å². The minimum atomic E-state index is -0.370. The molecule has 0 heterocycles. The average molecular weight is 171 g/mol. The fourth-order valence-corrected chi connectivity index (χ4v) is 0.436. The van der Waals surface area contributed by atoms with E-state index in [-0.39, 0.29) is 11.5 Å². The molecule has 0 saturated carbocycles. The summed E-state index contributed by atoms with van der Waals surface area (Å²) >= 11 is 0. The van der Waals surface area contributed by atoms with Crippen LogP contribution >= 0.6 is 0 Å². The van der Waals surface area contributed by atoms with E-state index in [0.29, 0.717) is 6.61 Å². The molecule has 3 nitrogen and oxygen atoms in total. The second-order valence-electron chi connectivity index (χ2n) is 3.52. The van der Waals surface area contributed by atoms with Gasteiger partial charge in [0.25, 0.3) is 0 Å². The molecule has 0 spiro atoms. The molecule has 0 rings (SSSR count). The number of rotatable bonds is 4. The zero-order chi connectivity index (χ0) is 9.78. The summed E-state index contributed by atoms with van der Waals surface area (Å²) in [6.07, 6.45) is 1.17. The van der Waals surface area contributed by atoms with E-state index in [1.165, 1.54) is 6.08 Å². The fraction of sp³-hybridized carbons (Fsp3) is 0.667. The number of hydrogen-bond acceptors (Lipinski definition) is 3. The van der Waals surface area contributed by atoms with E-state index < -0.39 is 0 Å². The molecular formula is C9H17NO2. The lowest BCUT2D eigenvalue weighted by atomic mass is 10.1. The van der Waals surface area contributed by atoms with Gasteiger partial charge in [0.1, 0.15) is 6.61 Å². The highest BCUT2D eigenvalue weighted by atomic mass is 16.5. The maximum absolute atomic E-state index is 10.7. The summed E-state index contributed by atoms with van der Waals surface area (Å²) in [6, 6.07) is 0. The van der Waals surface area contributed by atoms with Crippen LogP contribution in [-0.4, -0.2) is 37.1 Å². The smallest absolute Gasteiger partial charge is 0.330 e. The Morgan fingerprint density at radius 3 is 2.42 bits per heavy atom. The minimum Gasteiger partial charge on any atom is -0.461 e. The van der Waals surface area contributed by atoms with Crippen molar-refractivity contribution in [3.05, 3.63) is 12.7 Å². The molecule has 0 amide bonds. The Morgan fingerprint density at radius 1 is 1.58 bits per heavy atom. The normalized spacial score (nSPS) is 11.4. The lowest BCUT2D eigenvalue weighted by molar-refractivity contribution is -0.141. The van der Waals surface area contributed by atoms with Gasteiger partial charge in [0, 0.05) is 11.6 Å². The van der Waals surface area contributed by atoms with Gasteiger partial charge < -0.3 is 9.64 Å². The molecule has 0 aromatic heterocycles. The molecule has 0 aliphatic rings. The SMILES string of the molecule is C=CC(=O)OCC(C)(C)N(C)C. The molecule has 0 bridgehead atoms. The minimum absolute atomic E-state index is 0.126. The van der Waals surface area contributed by atoms with Crippen LogP contribution in [0.3, 0.4) is 0 Å². The number of carbonyl (C=O) groups excluding carboxylic acids is 1. The first-order valence-electron chi connectivity index (χ1n) is 3.87. The zero-order valence-electron chi connectivity index (χ0n) is 8.26. The third-order valence-corrected chi connectivity index (χ3v) is 1.94. The molecule has 0 aliphatic carbocycles. The predicted octanol–water partition coefficient (Wildman–Crippen LogP) is 1.06. The van der Waals surface area contributed by atoms with Crippen molar-refractivity contribution < 1.29 is 9.53 Å². The number of hydrogen-bond donors (Lipinski definition) is 0. The van der Waals surface area contributed by atoms with E-state index in [1.807, 2.05) is 32.8 Å². The Bertz CT molecular complexity index is 173. The van der Waals surface area contributed by atoms with E-state index in [0.717, 1.165) is 0 Å². The van der Waals surface area contributed by atoms with Crippen LogP contribution in [0.2, 0.25) is 0 Å². The van der Waals surface area contributed by atoms with Crippen LogP contribution in [0.25, 0.3) is 0 Å². The van der Waals surface area contributed by atoms with E-state index in [2.05, 4.69) is 6.58 Å². The number of esters is 1. The summed E-state index contributed by atoms with van der Waals surface area (Å²) in [5.41, 5.74) is -0.126. The monoisotopic (exact) mass is 171 g/mol. The van der Waals surface area contributed by atoms with Gasteiger partial charge in [0.2, 0.25) is 0 Å². The van der Waals surface area contributed by atoms with Crippen molar-refractivity contribution in [1.82, 2.24) is 4.90 Å². The standard InChI is InChI=1S/C9H17NO2/c1-6-8(11)12-7-9(2,3)10(4)5/h6H,1,7H2,2-5H3. The summed E-state index contributed by atoms with van der Waals surface area (Å²) in [5, 5.41) is 0. The third kappa shape index (κ3) is 3.53. The van der Waals surface area contributed by atoms with Crippen molar-refractivity contribution in [3.8, 4) is 0 Å². The van der Waals surface area contributed by atoms with Crippen molar-refractivity contribution in [2.45, 2.75) is 19.4 Å². The van der Waals surface area contributed by atoms with Crippen LogP contribution in [0.4, 0.5) is 0 Å². The van der Waals surface area contributed by atoms with E-state index >= 15 is 0 Å². The summed E-state index contributed by atoms with van der Waals surface area (Å²) in [7, 11) is 3.89. The Labute approximate surface area is 74.0 Å². The first-order valence-corrected chi connectivity index (χ1v) is 3.87. The second-order valence-corrected chi connectivity index (χ2v) is 3.52. The number of carbonyl (C=O) groups is 1. The molecule has 0 aliphatic heterocycles. The van der Waals surface area contributed by atoms with E-state index in [9.17, 15) is 4.79 Å². The summed E-state index contributed by atoms with van der Waals surface area (Å²) in [5.74, 6) is -0.370. The van der Waals surface area contributed by atoms with E-state index in [4.69, 9.17) is 4.74 Å². The fourth-order valence-electron chi connectivity index (χ4n) is 0.436. The van der Waals surface area contributed by atoms with Crippen LogP contribution in [0, 0.1) is 0 Å². The lowest BCUT2D eigenvalue weighted by Gasteiger charge is -2.31. The van der Waals surface area contributed by atoms with Gasteiger partial charge in [-0.1, -0.05) is 6.58 Å². The van der Waals surface area contributed by atoms with Crippen molar-refractivity contribution in [1.29, 1.82) is 0 Å². The lowest BCUT2D eigenvalue weighted by Crippen LogP contribution is -2.42. The van der Waals surface area contributed by atoms with Crippen LogP contribution in [-0.2, 0) is 9.53 Å². The highest BCUT2D eigenvalue weighted by Crippen LogP contribution is 2.09. The van der Waals surface area contributed by atoms with Gasteiger partial charge in [-0.2, -0.15) is 0 Å². The summed E-state index contributed by atoms with van der Waals surface area (Å²) in [6.45, 7) is 7.70. The van der Waals surface area contributed by atoms with Gasteiger partial charge >= 0.3 is 5.97 Å². The second kappa shape index (κ2) is 4.26. The predicted molar refractivity (Wildman–Crippen MR) is 48.9 cm³/mol. The van der Waals surface area contributed by atoms with Gasteiger partial charge in [-0.15, -0.1) is 0 Å². The molecule has 12 heavy (non-hydrogen) atoms. The molecule has 0 saturated heterocycles. The molecule has 0 atom stereocenters. The highest BCUT2D eigenvalue weighted by molar-refractivity contribution is 5.81. The van der Waals surface area contributed by atoms with Gasteiger partial charge in [-0.3, -0.25) is 0 Å². The topological polar surface area (TPSA) is 29.5 Å². The number of nitrogens with zero attached hydrogens (tertiary/aromatic N) is 1. The maximum atomic E-state index is 10.7. The Hall–Kier alpha value is -0.830. The molecule has 70 valence electrons. The van der Waals surface area contributed by atoms with Crippen LogP contribution in [0.1, 0.15) is 13.8 Å². The Kier molecular flexibility index (Phi) is 3.96. The Morgan fingerprint density at radius 2 is 2.08 bits per heavy atom. The van der Waals surface area contributed by atoms with Crippen molar-refractivity contribution >= 4 is 5.97 Å². The number of likely N-dealkylation sites (N-methyl/N-ethyl adjacent to an activating group) is 1. The highest BCUT2D eigenvalue weighted by Gasteiger charge is 2.21. The van der Waals surface area contributed by atoms with Crippen molar-refractivity contribution in [2.24, 2.45) is 0 Å². The van der Waals surface area contributed by atoms with Crippen molar-refractivity contribution in [2.75, 3.05) is 20.7 Å². The first kappa shape index (κ1) is 11.2. The molecule has 0 aromatic rings. The van der Waals surface area contributed by atoms with Crippen LogP contribution in [0.5, 0.6) is 0 Å². The van der Waals surface area contributed by atoms with Gasteiger partial charge in [0.05, 0.1) is 0 Å². The molecule has 0 unspecified atom stereocenters. The quantitative estimate of drug-likeness (QED) is 0.468. The molecule has 0 N–H and O–H groups in total. The molecular weight excluding hydrogens is 154 g/mol. The molecule has 0 aromatic carbocycles. The molecule has 0 fully saturated rings. The van der Waals surface area contributed by atoms with Crippen LogP contribution < -0.4 is 0 Å². The third-order valence-electron chi connectivity index (χ3n) is 1.94. The van der Waals surface area contributed by atoms with Gasteiger partial charge in [-0.25, -0.2) is 4.79 Å². The summed E-state index contributed by atoms with van der Waals surface area (Å²) in [4.78, 5) is 12.7. The van der Waals surface area contributed by atoms with Gasteiger partial charge in [-0.05, 0) is 27.9 Å². The molecule has 3 heteroatoms. The van der Waals surface area contributed by atoms with E-state index in [1.54, 1.807) is 0 Å². The number of ether oxygens (including phenoxy) is 1. The summed E-state index contributed by atoms with van der Waals surface area (Å²) < 4.78 is 4.92. The zero-order valence-corrected chi connectivity index (χ0v) is 8.26. The van der Waals surface area contributed by atoms with Crippen molar-refractivity contribution in [3.63, 3.8) is 0 Å². The maximum Gasteiger partial charge on any atom is 0.330 e.